The van der Waals surface area contributed by atoms with Gasteiger partial charge in [-0.1, -0.05) is 15.9 Å². The molecule has 2 rings (SSSR count). The van der Waals surface area contributed by atoms with Crippen LogP contribution in [0.1, 0.15) is 10.4 Å². The quantitative estimate of drug-likeness (QED) is 0.615. The van der Waals surface area contributed by atoms with Gasteiger partial charge in [0.25, 0.3) is 5.91 Å². The van der Waals surface area contributed by atoms with Crippen LogP contribution in [0.5, 0.6) is 0 Å². The minimum atomic E-state index is -0.485. The molecule has 0 spiro atoms. The first kappa shape index (κ1) is 15.5. The fourth-order valence-corrected chi connectivity index (χ4v) is 3.36. The summed E-state index contributed by atoms with van der Waals surface area (Å²) in [4.78, 5) is 12.2. The molecule has 0 radical (unpaired) electrons. The van der Waals surface area contributed by atoms with Crippen molar-refractivity contribution in [3.05, 3.63) is 55.1 Å². The maximum atomic E-state index is 13.2. The number of hydrogen-bond donors (Lipinski definition) is 2. The predicted molar refractivity (Wildman–Crippen MR) is 88.3 cm³/mol. The summed E-state index contributed by atoms with van der Waals surface area (Å²) in [5, 5.41) is 2.66. The summed E-state index contributed by atoms with van der Waals surface area (Å²) in [7, 11) is 0. The lowest BCUT2D eigenvalue weighted by Gasteiger charge is -2.12. The number of nitrogens with two attached hydrogens (primary N) is 1. The topological polar surface area (TPSA) is 55.1 Å². The number of hydrogen-bond acceptors (Lipinski definition) is 2. The van der Waals surface area contributed by atoms with E-state index >= 15 is 0 Å². The summed E-state index contributed by atoms with van der Waals surface area (Å²) in [6, 6.07) is 7.32. The molecule has 20 heavy (non-hydrogen) atoms. The highest BCUT2D eigenvalue weighted by Gasteiger charge is 2.15. The molecule has 0 atom stereocenters. The lowest BCUT2D eigenvalue weighted by molar-refractivity contribution is 0.102. The third-order valence-corrected chi connectivity index (χ3v) is 4.27. The van der Waals surface area contributed by atoms with Gasteiger partial charge in [0.15, 0.2) is 0 Å². The molecule has 0 unspecified atom stereocenters. The molecule has 0 bridgehead atoms. The Hall–Kier alpha value is -0.920. The van der Waals surface area contributed by atoms with E-state index in [1.807, 2.05) is 0 Å². The van der Waals surface area contributed by atoms with Gasteiger partial charge in [0.1, 0.15) is 5.82 Å². The van der Waals surface area contributed by atoms with Gasteiger partial charge in [0, 0.05) is 13.4 Å². The van der Waals surface area contributed by atoms with Crippen LogP contribution in [0.25, 0.3) is 0 Å². The van der Waals surface area contributed by atoms with Crippen LogP contribution in [0.3, 0.4) is 0 Å². The monoisotopic (exact) mass is 464 g/mol. The molecule has 0 heterocycles. The zero-order valence-electron chi connectivity index (χ0n) is 9.88. The number of anilines is 2. The second-order valence-corrected chi connectivity index (χ2v) is 6.55. The summed E-state index contributed by atoms with van der Waals surface area (Å²) in [6.07, 6.45) is 0. The first-order valence-corrected chi connectivity index (χ1v) is 7.77. The normalized spacial score (nSPS) is 10.4. The van der Waals surface area contributed by atoms with Gasteiger partial charge in [-0.05, 0) is 62.2 Å². The largest absolute Gasteiger partial charge is 0.397 e. The molecular formula is C13H8Br3FN2O. The SMILES string of the molecule is Nc1cc(Br)cc(Br)c1NC(=O)c1cc(F)ccc1Br. The van der Waals surface area contributed by atoms with Crippen molar-refractivity contribution in [2.24, 2.45) is 0 Å². The Kier molecular flexibility index (Phi) is 4.82. The molecule has 0 aliphatic carbocycles. The Balaban J connectivity index is 2.35. The van der Waals surface area contributed by atoms with Gasteiger partial charge in [-0.15, -0.1) is 0 Å². The van der Waals surface area contributed by atoms with Crippen LogP contribution in [0.2, 0.25) is 0 Å². The first-order valence-electron chi connectivity index (χ1n) is 5.39. The van der Waals surface area contributed by atoms with Crippen LogP contribution in [-0.4, -0.2) is 5.91 Å². The molecule has 0 aromatic heterocycles. The third kappa shape index (κ3) is 3.39. The number of amides is 1. The number of rotatable bonds is 2. The van der Waals surface area contributed by atoms with E-state index in [-0.39, 0.29) is 5.56 Å². The van der Waals surface area contributed by atoms with Crippen LogP contribution < -0.4 is 11.1 Å². The lowest BCUT2D eigenvalue weighted by atomic mass is 10.2. The van der Waals surface area contributed by atoms with Crippen molar-refractivity contribution in [3.8, 4) is 0 Å². The Morgan fingerprint density at radius 2 is 1.80 bits per heavy atom. The highest BCUT2D eigenvalue weighted by atomic mass is 79.9. The van der Waals surface area contributed by atoms with E-state index in [0.717, 1.165) is 10.5 Å². The van der Waals surface area contributed by atoms with Gasteiger partial charge in [-0.3, -0.25) is 4.79 Å². The minimum absolute atomic E-state index is 0.194. The Labute approximate surface area is 140 Å². The number of carbonyl (C=O) groups excluding carboxylic acids is 1. The molecule has 0 aliphatic rings. The van der Waals surface area contributed by atoms with Crippen LogP contribution in [-0.2, 0) is 0 Å². The Morgan fingerprint density at radius 1 is 1.10 bits per heavy atom. The summed E-state index contributed by atoms with van der Waals surface area (Å²) < 4.78 is 15.1. The molecule has 0 aliphatic heterocycles. The van der Waals surface area contributed by atoms with E-state index in [9.17, 15) is 9.18 Å². The average molecular weight is 467 g/mol. The van der Waals surface area contributed by atoms with Gasteiger partial charge in [0.05, 0.1) is 16.9 Å². The van der Waals surface area contributed by atoms with Crippen molar-refractivity contribution in [1.82, 2.24) is 0 Å². The molecule has 2 aromatic carbocycles. The van der Waals surface area contributed by atoms with E-state index in [1.54, 1.807) is 12.1 Å². The number of benzene rings is 2. The maximum absolute atomic E-state index is 13.2. The molecule has 3 nitrogen and oxygen atoms in total. The van der Waals surface area contributed by atoms with E-state index in [1.165, 1.54) is 12.1 Å². The van der Waals surface area contributed by atoms with E-state index < -0.39 is 11.7 Å². The Morgan fingerprint density at radius 3 is 2.45 bits per heavy atom. The average Bonchev–Trinajstić information content (AvgIpc) is 2.36. The van der Waals surface area contributed by atoms with Crippen molar-refractivity contribution < 1.29 is 9.18 Å². The summed E-state index contributed by atoms with van der Waals surface area (Å²) >= 11 is 9.84. The molecule has 0 saturated heterocycles. The fourth-order valence-electron chi connectivity index (χ4n) is 1.58. The van der Waals surface area contributed by atoms with Crippen LogP contribution in [0, 0.1) is 5.82 Å². The standard InChI is InChI=1S/C13H8Br3FN2O/c14-6-3-10(16)12(11(18)4-6)19-13(20)8-5-7(17)1-2-9(8)15/h1-5H,18H2,(H,19,20). The summed E-state index contributed by atoms with van der Waals surface area (Å²) in [6.45, 7) is 0. The van der Waals surface area contributed by atoms with Gasteiger partial charge >= 0.3 is 0 Å². The second kappa shape index (κ2) is 6.24. The molecular weight excluding hydrogens is 459 g/mol. The van der Waals surface area contributed by atoms with Gasteiger partial charge in [-0.25, -0.2) is 4.39 Å². The van der Waals surface area contributed by atoms with Crippen molar-refractivity contribution in [2.45, 2.75) is 0 Å². The van der Waals surface area contributed by atoms with Gasteiger partial charge in [0.2, 0.25) is 0 Å². The number of nitrogen functional groups attached to an aromatic ring is 1. The van der Waals surface area contributed by atoms with Crippen LogP contribution in [0.4, 0.5) is 15.8 Å². The highest BCUT2D eigenvalue weighted by Crippen LogP contribution is 2.33. The minimum Gasteiger partial charge on any atom is -0.397 e. The predicted octanol–water partition coefficient (Wildman–Crippen LogP) is 4.95. The fraction of sp³-hybridized carbons (Fsp3) is 0. The van der Waals surface area contributed by atoms with Crippen molar-refractivity contribution >= 4 is 65.1 Å². The zero-order chi connectivity index (χ0) is 14.9. The van der Waals surface area contributed by atoms with Crippen molar-refractivity contribution in [1.29, 1.82) is 0 Å². The smallest absolute Gasteiger partial charge is 0.257 e. The van der Waals surface area contributed by atoms with Crippen molar-refractivity contribution in [2.75, 3.05) is 11.1 Å². The highest BCUT2D eigenvalue weighted by molar-refractivity contribution is 9.11. The lowest BCUT2D eigenvalue weighted by Crippen LogP contribution is -2.14. The zero-order valence-corrected chi connectivity index (χ0v) is 14.6. The molecule has 2 aromatic rings. The second-order valence-electron chi connectivity index (χ2n) is 3.93. The molecule has 104 valence electrons. The summed E-state index contributed by atoms with van der Waals surface area (Å²) in [5.41, 5.74) is 6.88. The first-order chi connectivity index (χ1) is 9.38. The van der Waals surface area contributed by atoms with Crippen LogP contribution >= 0.6 is 47.8 Å². The number of carbonyl (C=O) groups is 1. The van der Waals surface area contributed by atoms with Gasteiger partial charge < -0.3 is 11.1 Å². The number of halogens is 4. The molecule has 3 N–H and O–H groups in total. The van der Waals surface area contributed by atoms with Gasteiger partial charge in [-0.2, -0.15) is 0 Å². The van der Waals surface area contributed by atoms with Crippen LogP contribution in [0.15, 0.2) is 43.7 Å². The molecule has 7 heteroatoms. The third-order valence-electron chi connectivity index (χ3n) is 2.50. The van der Waals surface area contributed by atoms with E-state index in [0.29, 0.717) is 20.3 Å². The Bertz CT molecular complexity index is 668. The summed E-state index contributed by atoms with van der Waals surface area (Å²) in [5.74, 6) is -0.938. The number of nitrogens with one attached hydrogen (secondary N) is 1. The maximum Gasteiger partial charge on any atom is 0.257 e. The van der Waals surface area contributed by atoms with E-state index in [2.05, 4.69) is 53.1 Å². The molecule has 0 fully saturated rings. The van der Waals surface area contributed by atoms with E-state index in [4.69, 9.17) is 5.73 Å². The van der Waals surface area contributed by atoms with Crippen molar-refractivity contribution in [3.63, 3.8) is 0 Å². The molecule has 0 saturated carbocycles. The molecule has 1 amide bonds.